The Morgan fingerprint density at radius 3 is 1.85 bits per heavy atom. The number of aliphatic hydroxyl groups is 3. The number of hydrogen-bond acceptors (Lipinski definition) is 5. The Bertz CT molecular complexity index is 365. The molecule has 4 N–H and O–H groups in total. The van der Waals surface area contributed by atoms with Crippen LogP contribution in [0.15, 0.2) is 24.3 Å². The first kappa shape index (κ1) is 16.9. The first-order valence-electron chi connectivity index (χ1n) is 7.06. The van der Waals surface area contributed by atoms with Crippen LogP contribution in [0.4, 0.5) is 5.69 Å². The fraction of sp³-hybridized carbons (Fsp3) is 0.600. The van der Waals surface area contributed by atoms with Gasteiger partial charge in [-0.25, -0.2) is 0 Å². The zero-order valence-corrected chi connectivity index (χ0v) is 12.3. The fourth-order valence-corrected chi connectivity index (χ4v) is 2.02. The molecule has 5 nitrogen and oxygen atoms in total. The summed E-state index contributed by atoms with van der Waals surface area (Å²) in [5.41, 5.74) is 1.19. The van der Waals surface area contributed by atoms with Crippen molar-refractivity contribution in [1.82, 2.24) is 5.32 Å². The average molecular weight is 282 g/mol. The molecule has 5 heteroatoms. The molecular weight excluding hydrogens is 256 g/mol. The monoisotopic (exact) mass is 282 g/mol. The fourth-order valence-electron chi connectivity index (χ4n) is 2.02. The van der Waals surface area contributed by atoms with Crippen LogP contribution >= 0.6 is 0 Å². The highest BCUT2D eigenvalue weighted by Gasteiger charge is 2.26. The number of hydrogen-bond donors (Lipinski definition) is 4. The van der Waals surface area contributed by atoms with E-state index in [0.717, 1.165) is 18.7 Å². The van der Waals surface area contributed by atoms with E-state index in [4.69, 9.17) is 0 Å². The molecule has 0 aliphatic carbocycles. The van der Waals surface area contributed by atoms with E-state index in [1.807, 2.05) is 12.1 Å². The molecule has 0 aromatic heterocycles. The molecule has 0 aliphatic rings. The summed E-state index contributed by atoms with van der Waals surface area (Å²) in [7, 11) is 0. The highest BCUT2D eigenvalue weighted by molar-refractivity contribution is 5.47. The highest BCUT2D eigenvalue weighted by atomic mass is 16.3. The number of rotatable bonds is 9. The minimum atomic E-state index is -1.03. The van der Waals surface area contributed by atoms with E-state index in [-0.39, 0.29) is 19.8 Å². The molecule has 0 amide bonds. The van der Waals surface area contributed by atoms with Gasteiger partial charge in [-0.15, -0.1) is 0 Å². The van der Waals surface area contributed by atoms with Crippen molar-refractivity contribution in [3.63, 3.8) is 0 Å². The minimum Gasteiger partial charge on any atom is -0.394 e. The largest absolute Gasteiger partial charge is 0.394 e. The lowest BCUT2D eigenvalue weighted by Gasteiger charge is -2.29. The molecule has 0 fully saturated rings. The maximum atomic E-state index is 9.25. The zero-order chi connectivity index (χ0) is 15.0. The van der Waals surface area contributed by atoms with Gasteiger partial charge in [-0.05, 0) is 31.5 Å². The number of nitrogens with one attached hydrogen (secondary N) is 1. The molecule has 0 radical (unpaired) electrons. The van der Waals surface area contributed by atoms with E-state index in [0.29, 0.717) is 6.54 Å². The van der Waals surface area contributed by atoms with Crippen molar-refractivity contribution in [2.24, 2.45) is 0 Å². The quantitative estimate of drug-likeness (QED) is 0.525. The molecule has 1 aromatic rings. The van der Waals surface area contributed by atoms with Gasteiger partial charge in [-0.3, -0.25) is 0 Å². The van der Waals surface area contributed by atoms with Gasteiger partial charge in [0.05, 0.1) is 25.4 Å². The third-order valence-electron chi connectivity index (χ3n) is 3.64. The smallest absolute Gasteiger partial charge is 0.0884 e. The molecule has 0 heterocycles. The Balaban J connectivity index is 2.66. The van der Waals surface area contributed by atoms with Gasteiger partial charge in [0.1, 0.15) is 0 Å². The molecule has 0 bridgehead atoms. The number of benzene rings is 1. The van der Waals surface area contributed by atoms with Gasteiger partial charge in [0.15, 0.2) is 0 Å². The van der Waals surface area contributed by atoms with E-state index < -0.39 is 5.54 Å². The van der Waals surface area contributed by atoms with Crippen molar-refractivity contribution in [2.45, 2.75) is 25.9 Å². The Morgan fingerprint density at radius 2 is 1.45 bits per heavy atom. The summed E-state index contributed by atoms with van der Waals surface area (Å²) in [5, 5.41) is 30.7. The maximum absolute atomic E-state index is 9.25. The van der Waals surface area contributed by atoms with Gasteiger partial charge < -0.3 is 25.5 Å². The minimum absolute atomic E-state index is 0.308. The number of aliphatic hydroxyl groups excluding tert-OH is 3. The maximum Gasteiger partial charge on any atom is 0.0884 e. The molecule has 0 atom stereocenters. The molecular formula is C15H26N2O3. The summed E-state index contributed by atoms with van der Waals surface area (Å²) >= 11 is 0. The van der Waals surface area contributed by atoms with E-state index in [1.165, 1.54) is 5.69 Å². The third-order valence-corrected chi connectivity index (χ3v) is 3.64. The second-order valence-electron chi connectivity index (χ2n) is 4.95. The van der Waals surface area contributed by atoms with E-state index in [9.17, 15) is 15.3 Å². The van der Waals surface area contributed by atoms with Crippen LogP contribution in [-0.2, 0) is 6.54 Å². The van der Waals surface area contributed by atoms with Crippen molar-refractivity contribution >= 4 is 5.69 Å². The highest BCUT2D eigenvalue weighted by Crippen LogP contribution is 2.15. The molecule has 0 spiro atoms. The van der Waals surface area contributed by atoms with Gasteiger partial charge in [0.25, 0.3) is 0 Å². The molecule has 0 saturated heterocycles. The molecule has 114 valence electrons. The lowest BCUT2D eigenvalue weighted by molar-refractivity contribution is 0.0414. The van der Waals surface area contributed by atoms with Crippen LogP contribution in [0, 0.1) is 0 Å². The Morgan fingerprint density at radius 1 is 0.950 bits per heavy atom. The summed E-state index contributed by atoms with van der Waals surface area (Å²) in [4.78, 5) is 2.26. The van der Waals surface area contributed by atoms with Crippen molar-refractivity contribution in [2.75, 3.05) is 37.8 Å². The van der Waals surface area contributed by atoms with Crippen LogP contribution in [0.3, 0.4) is 0 Å². The molecule has 0 aliphatic heterocycles. The lowest BCUT2D eigenvalue weighted by atomic mass is 10.0. The Hall–Kier alpha value is -1.14. The summed E-state index contributed by atoms with van der Waals surface area (Å²) in [6.07, 6.45) is 0. The lowest BCUT2D eigenvalue weighted by Crippen LogP contribution is -2.54. The van der Waals surface area contributed by atoms with Crippen LogP contribution < -0.4 is 10.2 Å². The van der Waals surface area contributed by atoms with Crippen LogP contribution in [0.2, 0.25) is 0 Å². The van der Waals surface area contributed by atoms with Crippen LogP contribution in [0.5, 0.6) is 0 Å². The van der Waals surface area contributed by atoms with Gasteiger partial charge in [-0.2, -0.15) is 0 Å². The zero-order valence-electron chi connectivity index (χ0n) is 12.3. The van der Waals surface area contributed by atoms with Crippen molar-refractivity contribution in [1.29, 1.82) is 0 Å². The predicted molar refractivity (Wildman–Crippen MR) is 80.8 cm³/mol. The van der Waals surface area contributed by atoms with Gasteiger partial charge in [-0.1, -0.05) is 12.1 Å². The van der Waals surface area contributed by atoms with E-state index in [1.54, 1.807) is 0 Å². The molecule has 1 rings (SSSR count). The topological polar surface area (TPSA) is 76.0 Å². The first-order chi connectivity index (χ1) is 9.64. The van der Waals surface area contributed by atoms with Gasteiger partial charge in [0.2, 0.25) is 0 Å². The summed E-state index contributed by atoms with van der Waals surface area (Å²) in [6, 6.07) is 8.14. The van der Waals surface area contributed by atoms with Crippen molar-refractivity contribution in [3.8, 4) is 0 Å². The van der Waals surface area contributed by atoms with E-state index >= 15 is 0 Å². The van der Waals surface area contributed by atoms with Crippen molar-refractivity contribution < 1.29 is 15.3 Å². The van der Waals surface area contributed by atoms with Crippen molar-refractivity contribution in [3.05, 3.63) is 29.8 Å². The molecule has 0 unspecified atom stereocenters. The Labute approximate surface area is 120 Å². The molecule has 1 aromatic carbocycles. The normalized spacial score (nSPS) is 11.7. The van der Waals surface area contributed by atoms with Gasteiger partial charge >= 0.3 is 0 Å². The van der Waals surface area contributed by atoms with E-state index in [2.05, 4.69) is 36.2 Å². The SMILES string of the molecule is CCN(CC)c1ccc(CNC(CO)(CO)CO)cc1. The second-order valence-corrected chi connectivity index (χ2v) is 4.95. The first-order valence-corrected chi connectivity index (χ1v) is 7.06. The summed E-state index contributed by atoms with van der Waals surface area (Å²) in [5.74, 6) is 0. The molecule has 20 heavy (non-hydrogen) atoms. The summed E-state index contributed by atoms with van der Waals surface area (Å²) < 4.78 is 0. The number of anilines is 1. The number of nitrogens with zero attached hydrogens (tertiary/aromatic N) is 1. The average Bonchev–Trinajstić information content (AvgIpc) is 2.52. The predicted octanol–water partition coefficient (Wildman–Crippen LogP) is 0.338. The van der Waals surface area contributed by atoms with Gasteiger partial charge in [0, 0.05) is 25.3 Å². The summed E-state index contributed by atoms with van der Waals surface area (Å²) in [6.45, 7) is 5.74. The van der Waals surface area contributed by atoms with Crippen LogP contribution in [0.1, 0.15) is 19.4 Å². The Kier molecular flexibility index (Phi) is 6.95. The third kappa shape index (κ3) is 4.18. The van der Waals surface area contributed by atoms with Crippen LogP contribution in [0.25, 0.3) is 0 Å². The van der Waals surface area contributed by atoms with Crippen LogP contribution in [-0.4, -0.2) is 53.8 Å². The second kappa shape index (κ2) is 8.21. The molecule has 0 saturated carbocycles. The standard InChI is InChI=1S/C15H26N2O3/c1-3-17(4-2)14-7-5-13(6-8-14)9-16-15(10-18,11-19)12-20/h5-8,16,18-20H,3-4,9-12H2,1-2H3.